The van der Waals surface area contributed by atoms with Gasteiger partial charge >= 0.3 is 0 Å². The maximum absolute atomic E-state index is 14.6. The second-order valence-corrected chi connectivity index (χ2v) is 12.0. The molecule has 2 saturated carbocycles. The van der Waals surface area contributed by atoms with Gasteiger partial charge in [0.2, 0.25) is 17.6 Å². The minimum atomic E-state index is -3.04. The van der Waals surface area contributed by atoms with Gasteiger partial charge < -0.3 is 30.6 Å². The molecule has 0 radical (unpaired) electrons. The minimum absolute atomic E-state index is 0.101. The number of aromatic nitrogens is 1. The smallest absolute Gasteiger partial charge is 0.289 e. The highest BCUT2D eigenvalue weighted by Gasteiger charge is 2.75. The SMILES string of the molecule is COc1cccc2[nH]c(C(=O)N3CC4(CC3C(=O)NC(CC3CCCNC3=O)C(=O)C(=O)NC3CC3)CC4(F)F)cc12. The number of amides is 4. The Morgan fingerprint density at radius 3 is 2.62 bits per heavy atom. The zero-order valence-corrected chi connectivity index (χ0v) is 23.1. The lowest BCUT2D eigenvalue weighted by Crippen LogP contribution is -2.54. The number of carbonyl (C=O) groups is 5. The first kappa shape index (κ1) is 28.1. The van der Waals surface area contributed by atoms with Crippen LogP contribution in [0.1, 0.15) is 55.4 Å². The van der Waals surface area contributed by atoms with E-state index in [0.29, 0.717) is 36.0 Å². The van der Waals surface area contributed by atoms with Crippen LogP contribution in [0.3, 0.4) is 0 Å². The normalized spacial score (nSPS) is 26.9. The summed E-state index contributed by atoms with van der Waals surface area (Å²) in [6.07, 6.45) is 1.79. The molecular formula is C29H33F2N5O6. The highest BCUT2D eigenvalue weighted by Crippen LogP contribution is 2.66. The Morgan fingerprint density at radius 1 is 1.19 bits per heavy atom. The zero-order valence-electron chi connectivity index (χ0n) is 23.1. The number of fused-ring (bicyclic) bond motifs is 1. The third kappa shape index (κ3) is 5.09. The van der Waals surface area contributed by atoms with Crippen LogP contribution in [0.15, 0.2) is 24.3 Å². The number of alkyl halides is 2. The summed E-state index contributed by atoms with van der Waals surface area (Å²) in [7, 11) is 1.49. The topological polar surface area (TPSA) is 150 Å². The number of H-pyrrole nitrogens is 1. The fraction of sp³-hybridized carbons (Fsp3) is 0.552. The van der Waals surface area contributed by atoms with E-state index in [2.05, 4.69) is 20.9 Å². The van der Waals surface area contributed by atoms with Crippen LogP contribution in [0.2, 0.25) is 0 Å². The van der Waals surface area contributed by atoms with Gasteiger partial charge in [0.1, 0.15) is 17.5 Å². The average Bonchev–Trinajstić information content (AvgIpc) is 3.73. The van der Waals surface area contributed by atoms with Crippen molar-refractivity contribution in [3.8, 4) is 5.75 Å². The molecule has 4 atom stereocenters. The van der Waals surface area contributed by atoms with Crippen molar-refractivity contribution in [2.45, 2.75) is 69.0 Å². The third-order valence-corrected chi connectivity index (χ3v) is 8.97. The summed E-state index contributed by atoms with van der Waals surface area (Å²) in [6, 6.07) is 3.99. The van der Waals surface area contributed by atoms with E-state index in [-0.39, 0.29) is 37.0 Å². The molecule has 6 rings (SSSR count). The van der Waals surface area contributed by atoms with Gasteiger partial charge in [0.25, 0.3) is 17.7 Å². The number of ether oxygens (including phenoxy) is 1. The number of hydrogen-bond donors (Lipinski definition) is 4. The Balaban J connectivity index is 1.26. The molecule has 4 amide bonds. The van der Waals surface area contributed by atoms with Crippen molar-refractivity contribution < 1.29 is 37.5 Å². The number of nitrogens with one attached hydrogen (secondary N) is 4. The van der Waals surface area contributed by atoms with E-state index in [9.17, 15) is 32.8 Å². The number of hydrogen-bond acceptors (Lipinski definition) is 6. The van der Waals surface area contributed by atoms with Gasteiger partial charge in [-0.25, -0.2) is 8.78 Å². The van der Waals surface area contributed by atoms with Crippen molar-refractivity contribution in [2.75, 3.05) is 20.2 Å². The molecular weight excluding hydrogens is 552 g/mol. The van der Waals surface area contributed by atoms with Crippen LogP contribution in [0.25, 0.3) is 10.9 Å². The summed E-state index contributed by atoms with van der Waals surface area (Å²) >= 11 is 0. The van der Waals surface area contributed by atoms with Crippen LogP contribution in [-0.2, 0) is 19.2 Å². The molecule has 1 spiro atoms. The summed E-state index contributed by atoms with van der Waals surface area (Å²) in [4.78, 5) is 69.9. The van der Waals surface area contributed by atoms with Gasteiger partial charge in [-0.15, -0.1) is 0 Å². The minimum Gasteiger partial charge on any atom is -0.496 e. The lowest BCUT2D eigenvalue weighted by Gasteiger charge is -2.28. The number of carbonyl (C=O) groups excluding carboxylic acids is 5. The maximum Gasteiger partial charge on any atom is 0.289 e. The second kappa shape index (κ2) is 10.4. The van der Waals surface area contributed by atoms with Crippen molar-refractivity contribution in [3.63, 3.8) is 0 Å². The van der Waals surface area contributed by atoms with Gasteiger partial charge in [-0.3, -0.25) is 24.0 Å². The van der Waals surface area contributed by atoms with Crippen LogP contribution in [-0.4, -0.2) is 83.5 Å². The van der Waals surface area contributed by atoms with Crippen molar-refractivity contribution in [3.05, 3.63) is 30.0 Å². The first-order chi connectivity index (χ1) is 20.0. The largest absolute Gasteiger partial charge is 0.496 e. The molecule has 2 aliphatic carbocycles. The van der Waals surface area contributed by atoms with Gasteiger partial charge in [0.05, 0.1) is 18.6 Å². The summed E-state index contributed by atoms with van der Waals surface area (Å²) < 4.78 is 34.5. The Labute approximate surface area is 240 Å². The fourth-order valence-corrected chi connectivity index (χ4v) is 6.26. The average molecular weight is 586 g/mol. The first-order valence-corrected chi connectivity index (χ1v) is 14.3. The first-order valence-electron chi connectivity index (χ1n) is 14.3. The molecule has 11 nitrogen and oxygen atoms in total. The molecule has 3 heterocycles. The Morgan fingerprint density at radius 2 is 1.95 bits per heavy atom. The molecule has 2 aromatic rings. The quantitative estimate of drug-likeness (QED) is 0.329. The molecule has 0 bridgehead atoms. The third-order valence-electron chi connectivity index (χ3n) is 8.97. The van der Waals surface area contributed by atoms with E-state index in [1.807, 2.05) is 0 Å². The summed E-state index contributed by atoms with van der Waals surface area (Å²) in [6.45, 7) is 0.159. The molecule has 2 saturated heterocycles. The van der Waals surface area contributed by atoms with Crippen LogP contribution >= 0.6 is 0 Å². The van der Waals surface area contributed by atoms with Gasteiger partial charge in [-0.1, -0.05) is 6.07 Å². The van der Waals surface area contributed by atoms with Gasteiger partial charge in [0, 0.05) is 42.4 Å². The predicted molar refractivity (Wildman–Crippen MR) is 145 cm³/mol. The Kier molecular flexibility index (Phi) is 6.93. The predicted octanol–water partition coefficient (Wildman–Crippen LogP) is 1.67. The Hall–Kier alpha value is -4.03. The highest BCUT2D eigenvalue weighted by molar-refractivity contribution is 6.38. The van der Waals surface area contributed by atoms with E-state index in [0.717, 1.165) is 17.7 Å². The van der Waals surface area contributed by atoms with Gasteiger partial charge in [-0.05, 0) is 56.7 Å². The van der Waals surface area contributed by atoms with E-state index >= 15 is 0 Å². The highest BCUT2D eigenvalue weighted by atomic mass is 19.3. The number of aromatic amines is 1. The second-order valence-electron chi connectivity index (χ2n) is 12.0. The van der Waals surface area contributed by atoms with Crippen LogP contribution in [0, 0.1) is 11.3 Å². The number of nitrogens with zero attached hydrogens (tertiary/aromatic N) is 1. The van der Waals surface area contributed by atoms with E-state index < -0.39 is 59.3 Å². The van der Waals surface area contributed by atoms with E-state index in [4.69, 9.17) is 4.74 Å². The van der Waals surface area contributed by atoms with E-state index in [1.54, 1.807) is 24.3 Å². The monoisotopic (exact) mass is 585 g/mol. The summed E-state index contributed by atoms with van der Waals surface area (Å²) in [5, 5.41) is 8.54. The summed E-state index contributed by atoms with van der Waals surface area (Å²) in [5.41, 5.74) is -0.841. The lowest BCUT2D eigenvalue weighted by molar-refractivity contribution is -0.141. The lowest BCUT2D eigenvalue weighted by atomic mass is 9.89. The molecule has 2 aliphatic heterocycles. The van der Waals surface area contributed by atoms with Gasteiger partial charge in [0.15, 0.2) is 0 Å². The standard InChI is InChI=1S/C29H33F2N5O6/c1-42-22-6-2-5-18-17(22)11-20(34-18)27(41)36-14-28(13-29(28,30)31)12-21(36)25(39)35-19(10-15-4-3-9-32-24(15)38)23(37)26(40)33-16-7-8-16/h2,5-6,11,15-16,19,21,34H,3-4,7-10,12-14H2,1H3,(H,32,38)(H,33,40)(H,35,39). The number of ketones is 1. The van der Waals surface area contributed by atoms with E-state index in [1.165, 1.54) is 7.11 Å². The molecule has 42 heavy (non-hydrogen) atoms. The molecule has 1 aromatic carbocycles. The Bertz CT molecular complexity index is 1470. The molecule has 4 unspecified atom stereocenters. The molecule has 13 heteroatoms. The van der Waals surface area contributed by atoms with Crippen molar-refractivity contribution >= 4 is 40.3 Å². The van der Waals surface area contributed by atoms with Crippen molar-refractivity contribution in [1.82, 2.24) is 25.8 Å². The van der Waals surface area contributed by atoms with Crippen LogP contribution in [0.4, 0.5) is 8.78 Å². The number of Topliss-reactive ketones (excluding diaryl/α,β-unsaturated/α-hetero) is 1. The van der Waals surface area contributed by atoms with Crippen molar-refractivity contribution in [1.29, 1.82) is 0 Å². The number of likely N-dealkylation sites (tertiary alicyclic amines) is 1. The zero-order chi connectivity index (χ0) is 29.8. The maximum atomic E-state index is 14.6. The number of methoxy groups -OCH3 is 1. The number of rotatable bonds is 9. The van der Waals surface area contributed by atoms with Crippen LogP contribution < -0.4 is 20.7 Å². The number of halogens is 2. The molecule has 4 aliphatic rings. The molecule has 224 valence electrons. The summed E-state index contributed by atoms with van der Waals surface area (Å²) in [5.74, 6) is -6.64. The fourth-order valence-electron chi connectivity index (χ4n) is 6.26. The number of piperidine rings is 1. The molecule has 4 fully saturated rings. The molecule has 1 aromatic heterocycles. The van der Waals surface area contributed by atoms with Crippen LogP contribution in [0.5, 0.6) is 5.75 Å². The number of benzene rings is 1. The van der Waals surface area contributed by atoms with Gasteiger partial charge in [-0.2, -0.15) is 0 Å². The van der Waals surface area contributed by atoms with Crippen molar-refractivity contribution in [2.24, 2.45) is 11.3 Å². The molecule has 4 N–H and O–H groups in total.